The van der Waals surface area contributed by atoms with E-state index in [0.29, 0.717) is 16.8 Å². The number of carbonyl (C=O) groups is 4. The van der Waals surface area contributed by atoms with E-state index in [9.17, 15) is 68.6 Å². The third kappa shape index (κ3) is 8.62. The number of benzene rings is 4. The number of aliphatic hydroxyl groups is 6. The molecule has 0 aliphatic carbocycles. The number of ketones is 1. The predicted octanol–water partition coefficient (Wildman–Crippen LogP) is 0.123. The van der Waals surface area contributed by atoms with E-state index >= 15 is 0 Å². The molecule has 0 bridgehead atoms. The maximum atomic E-state index is 14.0. The molecule has 7 rings (SSSR count). The predicted molar refractivity (Wildman–Crippen MR) is 206 cm³/mol. The van der Waals surface area contributed by atoms with Crippen molar-refractivity contribution in [2.24, 2.45) is 0 Å². The number of aliphatic carboxylic acids is 2. The van der Waals surface area contributed by atoms with Crippen molar-refractivity contribution in [3.05, 3.63) is 114 Å². The van der Waals surface area contributed by atoms with Crippen molar-refractivity contribution in [1.29, 1.82) is 0 Å². The van der Waals surface area contributed by atoms with E-state index in [4.69, 9.17) is 18.9 Å². The highest BCUT2D eigenvalue weighted by Crippen LogP contribution is 2.47. The first-order valence-corrected chi connectivity index (χ1v) is 19.9. The fourth-order valence-corrected chi connectivity index (χ4v) is 8.70. The smallest absolute Gasteiger partial charge is 0.335 e. The zero-order chi connectivity index (χ0) is 43.9. The third-order valence-electron chi connectivity index (χ3n) is 10.4. The molecule has 0 aromatic heterocycles. The van der Waals surface area contributed by atoms with Crippen molar-refractivity contribution >= 4 is 40.1 Å². The van der Waals surface area contributed by atoms with Crippen LogP contribution in [0, 0.1) is 5.82 Å². The molecule has 3 aliphatic heterocycles. The summed E-state index contributed by atoms with van der Waals surface area (Å²) in [6.07, 6.45) is -19.7. The highest BCUT2D eigenvalue weighted by atomic mass is 32.2. The van der Waals surface area contributed by atoms with E-state index in [0.717, 1.165) is 12.1 Å². The summed E-state index contributed by atoms with van der Waals surface area (Å²) in [6.45, 7) is 0. The van der Waals surface area contributed by atoms with Gasteiger partial charge in [-0.15, -0.1) is 0 Å². The van der Waals surface area contributed by atoms with E-state index < -0.39 is 119 Å². The first-order chi connectivity index (χ1) is 29.0. The van der Waals surface area contributed by atoms with Crippen LogP contribution >= 0.6 is 0 Å². The minimum absolute atomic E-state index is 0.0191. The van der Waals surface area contributed by atoms with Gasteiger partial charge in [-0.3, -0.25) is 13.8 Å². The Balaban J connectivity index is 1.28. The number of carbonyl (C=O) groups excluding carboxylic acids is 2. The van der Waals surface area contributed by atoms with Gasteiger partial charge in [-0.1, -0.05) is 42.5 Å². The van der Waals surface area contributed by atoms with Crippen LogP contribution in [0.1, 0.15) is 22.0 Å². The number of hydrogen-bond donors (Lipinski definition) is 8. The largest absolute Gasteiger partial charge is 0.479 e. The molecule has 20 heteroatoms. The summed E-state index contributed by atoms with van der Waals surface area (Å²) in [7, 11) is -2.22. The number of anilines is 1. The van der Waals surface area contributed by atoms with Crippen LogP contribution in [0.4, 0.5) is 10.1 Å². The average molecular weight is 868 g/mol. The highest BCUT2D eigenvalue weighted by Gasteiger charge is 2.54. The highest BCUT2D eigenvalue weighted by molar-refractivity contribution is 7.87. The van der Waals surface area contributed by atoms with Gasteiger partial charge in [-0.05, 0) is 65.7 Å². The summed E-state index contributed by atoms with van der Waals surface area (Å²) in [4.78, 5) is 52.0. The zero-order valence-electron chi connectivity index (χ0n) is 31.4. The van der Waals surface area contributed by atoms with Crippen LogP contribution in [0.25, 0.3) is 11.1 Å². The monoisotopic (exact) mass is 867 g/mol. The SMILES string of the molecule is O=C(CS(=O)[C@H]1C(=O)N(c2ccccc2)[C@@H]1c1ccc(-c2cccc(O[C@@H]3OC(C(=O)O)C(O)C(O)C3O)c2)cc1O[C@@H]1OC(C(=O)O)C(O)C(O)C1O)c1ccc(F)cc1. The Bertz CT molecular complexity index is 2320. The van der Waals surface area contributed by atoms with Crippen molar-refractivity contribution in [2.75, 3.05) is 10.7 Å². The molecule has 322 valence electrons. The van der Waals surface area contributed by atoms with Gasteiger partial charge in [0.1, 0.15) is 59.2 Å². The van der Waals surface area contributed by atoms with Crippen molar-refractivity contribution in [2.45, 2.75) is 72.7 Å². The Morgan fingerprint density at radius 1 is 0.672 bits per heavy atom. The fourth-order valence-electron chi connectivity index (χ4n) is 7.20. The molecule has 8 N–H and O–H groups in total. The van der Waals surface area contributed by atoms with Gasteiger partial charge in [0.15, 0.2) is 18.0 Å². The van der Waals surface area contributed by atoms with Crippen LogP contribution < -0.4 is 14.4 Å². The molecule has 0 saturated carbocycles. The maximum absolute atomic E-state index is 14.0. The lowest BCUT2D eigenvalue weighted by Gasteiger charge is -2.47. The number of nitrogens with zero attached hydrogens (tertiary/aromatic N) is 1. The second-order valence-electron chi connectivity index (χ2n) is 14.4. The first-order valence-electron chi connectivity index (χ1n) is 18.5. The van der Waals surface area contributed by atoms with Crippen LogP contribution in [0.3, 0.4) is 0 Å². The zero-order valence-corrected chi connectivity index (χ0v) is 32.2. The Hall–Kier alpha value is -5.68. The number of hydrogen-bond acceptors (Lipinski definition) is 15. The number of carboxylic acid groups (broad SMARTS) is 2. The molecule has 3 aliphatic rings. The number of Topliss-reactive ketones (excluding diaryl/α,β-unsaturated/α-hetero) is 1. The van der Waals surface area contributed by atoms with Gasteiger partial charge in [0.2, 0.25) is 18.5 Å². The minimum atomic E-state index is -2.22. The summed E-state index contributed by atoms with van der Waals surface area (Å²) in [5.74, 6) is -6.07. The quantitative estimate of drug-likeness (QED) is 0.0654. The Morgan fingerprint density at radius 3 is 1.84 bits per heavy atom. The van der Waals surface area contributed by atoms with Crippen molar-refractivity contribution in [3.8, 4) is 22.6 Å². The summed E-state index contributed by atoms with van der Waals surface area (Å²) in [6, 6.07) is 21.9. The van der Waals surface area contributed by atoms with E-state index in [1.165, 1.54) is 47.4 Å². The van der Waals surface area contributed by atoms with Gasteiger partial charge in [0.05, 0.1) is 11.8 Å². The summed E-state index contributed by atoms with van der Waals surface area (Å²) < 4.78 is 50.1. The topological polar surface area (TPSA) is 287 Å². The molecule has 9 unspecified atom stereocenters. The molecule has 61 heavy (non-hydrogen) atoms. The third-order valence-corrected chi connectivity index (χ3v) is 12.0. The van der Waals surface area contributed by atoms with Gasteiger partial charge in [-0.2, -0.15) is 0 Å². The molecule has 0 radical (unpaired) electrons. The van der Waals surface area contributed by atoms with Gasteiger partial charge < -0.3 is 64.7 Å². The molecule has 3 fully saturated rings. The molecule has 0 spiro atoms. The van der Waals surface area contributed by atoms with Crippen LogP contribution in [0.2, 0.25) is 0 Å². The van der Waals surface area contributed by atoms with Gasteiger partial charge in [0.25, 0.3) is 0 Å². The fraction of sp³-hybridized carbons (Fsp3) is 0.317. The molecule has 4 aromatic carbocycles. The molecule has 3 heterocycles. The van der Waals surface area contributed by atoms with Crippen molar-refractivity contribution in [1.82, 2.24) is 0 Å². The number of rotatable bonds is 13. The Kier molecular flexibility index (Phi) is 12.6. The number of β-lactam (4-membered cyclic amide) rings is 1. The second-order valence-corrected chi connectivity index (χ2v) is 15.9. The van der Waals surface area contributed by atoms with Crippen molar-refractivity contribution < 1.29 is 87.6 Å². The molecule has 4 aromatic rings. The van der Waals surface area contributed by atoms with Crippen LogP contribution in [0.5, 0.6) is 11.5 Å². The average Bonchev–Trinajstić information content (AvgIpc) is 3.23. The lowest BCUT2D eigenvalue weighted by Crippen LogP contribution is -2.62. The molecule has 1 amide bonds. The summed E-state index contributed by atoms with van der Waals surface area (Å²) in [5.41, 5.74) is 1.16. The van der Waals surface area contributed by atoms with E-state index in [-0.39, 0.29) is 22.6 Å². The molecule has 18 nitrogen and oxygen atoms in total. The number of ether oxygens (including phenoxy) is 4. The van der Waals surface area contributed by atoms with Crippen LogP contribution in [-0.2, 0) is 34.7 Å². The molecule has 13 atom stereocenters. The van der Waals surface area contributed by atoms with Gasteiger partial charge in [0, 0.05) is 27.6 Å². The van der Waals surface area contributed by atoms with E-state index in [1.807, 2.05) is 0 Å². The number of amides is 1. The van der Waals surface area contributed by atoms with Gasteiger partial charge in [-0.25, -0.2) is 14.0 Å². The van der Waals surface area contributed by atoms with Crippen molar-refractivity contribution in [3.63, 3.8) is 0 Å². The minimum Gasteiger partial charge on any atom is -0.479 e. The number of carboxylic acids is 2. The lowest BCUT2D eigenvalue weighted by atomic mass is 9.90. The van der Waals surface area contributed by atoms with Gasteiger partial charge >= 0.3 is 11.9 Å². The molecular weight excluding hydrogens is 830 g/mol. The standard InChI is InChI=1S/C41H38FNO17S/c42-21-12-9-18(10-13-21)25(44)17-61(56)36-27(43(37(36)51)22-6-2-1-3-7-22)24-14-11-20(16-26(24)58-41-33(50)29(46)31(48)35(60-41)39(54)55)19-5-4-8-23(15-19)57-40-32(49)28(45)30(47)34(59-40)38(52)53/h1-16,27-36,40-41,45-50H,17H2,(H,52,53)(H,54,55)/t27-,28?,29?,30?,31?,32?,33?,34?,35?,36-,40-,41-,61?/m1/s1. The lowest BCUT2D eigenvalue weighted by molar-refractivity contribution is -0.271. The summed E-state index contributed by atoms with van der Waals surface area (Å²) >= 11 is 0. The number of halogens is 1. The first kappa shape index (κ1) is 43.4. The van der Waals surface area contributed by atoms with E-state index in [1.54, 1.807) is 42.5 Å². The van der Waals surface area contributed by atoms with Crippen LogP contribution in [0.15, 0.2) is 97.1 Å². The maximum Gasteiger partial charge on any atom is 0.335 e. The Labute approximate surface area is 347 Å². The second kappa shape index (κ2) is 17.7. The molecule has 3 saturated heterocycles. The van der Waals surface area contributed by atoms with E-state index in [2.05, 4.69) is 0 Å². The Morgan fingerprint density at radius 2 is 1.25 bits per heavy atom. The number of para-hydroxylation sites is 1. The number of aliphatic hydroxyl groups excluding tert-OH is 6. The normalized spacial score (nSPS) is 30.5. The molecular formula is C41H38FNO17S. The summed E-state index contributed by atoms with van der Waals surface area (Å²) in [5, 5.41) is 80.5. The van der Waals surface area contributed by atoms with Crippen LogP contribution in [-0.4, -0.2) is 141 Å².